The highest BCUT2D eigenvalue weighted by Gasteiger charge is 2.15. The van der Waals surface area contributed by atoms with Gasteiger partial charge in [0.15, 0.2) is 0 Å². The van der Waals surface area contributed by atoms with Crippen LogP contribution in [-0.2, 0) is 4.79 Å². The Hall–Kier alpha value is -1.27. The first-order valence-corrected chi connectivity index (χ1v) is 7.80. The summed E-state index contributed by atoms with van der Waals surface area (Å²) in [7, 11) is 4.05. The van der Waals surface area contributed by atoms with Crippen LogP contribution in [0.2, 0.25) is 0 Å². The Balaban J connectivity index is 0.00000242. The Labute approximate surface area is 154 Å². The van der Waals surface area contributed by atoms with E-state index in [0.29, 0.717) is 6.54 Å². The van der Waals surface area contributed by atoms with E-state index in [9.17, 15) is 4.79 Å². The Morgan fingerprint density at radius 3 is 2.39 bits per heavy atom. The fraction of sp³-hybridized carbons (Fsp3) is 0.312. The molecular weight excluding hydrogens is 353 g/mol. The predicted molar refractivity (Wildman–Crippen MR) is 103 cm³/mol. The number of hydrogen-bond donors (Lipinski definition) is 2. The predicted octanol–water partition coefficient (Wildman–Crippen LogP) is 3.42. The molecule has 0 spiro atoms. The second kappa shape index (κ2) is 11.3. The molecule has 0 fully saturated rings. The summed E-state index contributed by atoms with van der Waals surface area (Å²) in [4.78, 5) is 15.3. The van der Waals surface area contributed by atoms with Crippen LogP contribution in [0.25, 0.3) is 0 Å². The topological polar surface area (TPSA) is 44.4 Å². The molecule has 2 rings (SSSR count). The average Bonchev–Trinajstić information content (AvgIpc) is 3.00. The highest BCUT2D eigenvalue weighted by atomic mass is 35.5. The lowest BCUT2D eigenvalue weighted by Crippen LogP contribution is -2.37. The van der Waals surface area contributed by atoms with E-state index in [4.69, 9.17) is 0 Å². The van der Waals surface area contributed by atoms with Gasteiger partial charge in [0.05, 0.1) is 12.6 Å². The van der Waals surface area contributed by atoms with Gasteiger partial charge in [-0.25, -0.2) is 0 Å². The summed E-state index contributed by atoms with van der Waals surface area (Å²) in [6.07, 6.45) is 0. The van der Waals surface area contributed by atoms with E-state index >= 15 is 0 Å². The number of carbonyl (C=O) groups excluding carboxylic acids is 1. The van der Waals surface area contributed by atoms with Crippen molar-refractivity contribution in [1.82, 2.24) is 10.2 Å². The van der Waals surface area contributed by atoms with Crippen molar-refractivity contribution in [3.05, 3.63) is 52.7 Å². The maximum absolute atomic E-state index is 11.9. The standard InChI is InChI=1S/C16H21N3OS.2ClH/c1-19(2)14(15-9-6-10-21-15)11-18-16(20)12-17-13-7-4-3-5-8-13;;/h3-10,14,17H,11-12H2,1-2H3,(H,18,20);2*1H. The zero-order chi connectivity index (χ0) is 15.1. The number of likely N-dealkylation sites (N-methyl/N-ethyl adjacent to an activating group) is 1. The van der Waals surface area contributed by atoms with Crippen molar-refractivity contribution in [2.75, 3.05) is 32.5 Å². The molecule has 0 aliphatic heterocycles. The first-order valence-electron chi connectivity index (χ1n) is 6.92. The molecule has 1 amide bonds. The van der Waals surface area contributed by atoms with Gasteiger partial charge in [0.2, 0.25) is 5.91 Å². The van der Waals surface area contributed by atoms with Crippen molar-refractivity contribution >= 4 is 47.7 Å². The molecule has 1 aromatic heterocycles. The van der Waals surface area contributed by atoms with Crippen molar-refractivity contribution in [2.45, 2.75) is 6.04 Å². The zero-order valence-corrected chi connectivity index (χ0v) is 15.6. The molecule has 0 saturated carbocycles. The van der Waals surface area contributed by atoms with E-state index in [1.807, 2.05) is 50.5 Å². The molecule has 0 radical (unpaired) electrons. The third kappa shape index (κ3) is 7.22. The molecular formula is C16H23Cl2N3OS. The molecule has 1 heterocycles. The molecule has 0 aliphatic rings. The second-order valence-corrected chi connectivity index (χ2v) is 6.00. The maximum Gasteiger partial charge on any atom is 0.239 e. The van der Waals surface area contributed by atoms with Gasteiger partial charge in [0.1, 0.15) is 0 Å². The van der Waals surface area contributed by atoms with E-state index < -0.39 is 0 Å². The molecule has 2 aromatic rings. The minimum atomic E-state index is 0. The summed E-state index contributed by atoms with van der Waals surface area (Å²) < 4.78 is 0. The van der Waals surface area contributed by atoms with Crippen LogP contribution < -0.4 is 10.6 Å². The number of nitrogens with zero attached hydrogens (tertiary/aromatic N) is 1. The Morgan fingerprint density at radius 1 is 1.13 bits per heavy atom. The van der Waals surface area contributed by atoms with Crippen LogP contribution in [0.4, 0.5) is 5.69 Å². The van der Waals surface area contributed by atoms with Gasteiger partial charge >= 0.3 is 0 Å². The number of anilines is 1. The summed E-state index contributed by atoms with van der Waals surface area (Å²) in [5, 5.41) is 8.16. The van der Waals surface area contributed by atoms with Gasteiger partial charge in [0, 0.05) is 17.1 Å². The molecule has 0 saturated heterocycles. The van der Waals surface area contributed by atoms with Gasteiger partial charge < -0.3 is 15.5 Å². The maximum atomic E-state index is 11.9. The zero-order valence-electron chi connectivity index (χ0n) is 13.2. The largest absolute Gasteiger partial charge is 0.376 e. The number of rotatable bonds is 7. The second-order valence-electron chi connectivity index (χ2n) is 5.02. The molecule has 1 atom stereocenters. The number of benzene rings is 1. The Bertz CT molecular complexity index is 550. The van der Waals surface area contributed by atoms with Gasteiger partial charge in [-0.3, -0.25) is 4.79 Å². The summed E-state index contributed by atoms with van der Waals surface area (Å²) in [6.45, 7) is 0.900. The monoisotopic (exact) mass is 375 g/mol. The third-order valence-electron chi connectivity index (χ3n) is 3.21. The molecule has 128 valence electrons. The third-order valence-corrected chi connectivity index (χ3v) is 4.19. The van der Waals surface area contributed by atoms with Gasteiger partial charge in [0.25, 0.3) is 0 Å². The van der Waals surface area contributed by atoms with E-state index in [1.165, 1.54) is 4.88 Å². The highest BCUT2D eigenvalue weighted by molar-refractivity contribution is 7.10. The number of hydrogen-bond acceptors (Lipinski definition) is 4. The van der Waals surface area contributed by atoms with Crippen molar-refractivity contribution in [2.24, 2.45) is 0 Å². The summed E-state index contributed by atoms with van der Waals surface area (Å²) >= 11 is 1.71. The normalized spacial score (nSPS) is 11.1. The van der Waals surface area contributed by atoms with Crippen molar-refractivity contribution in [3.63, 3.8) is 0 Å². The van der Waals surface area contributed by atoms with Gasteiger partial charge in [-0.2, -0.15) is 0 Å². The average molecular weight is 376 g/mol. The minimum absolute atomic E-state index is 0. The fourth-order valence-electron chi connectivity index (χ4n) is 2.03. The van der Waals surface area contributed by atoms with E-state index in [-0.39, 0.29) is 43.3 Å². The molecule has 7 heteroatoms. The van der Waals surface area contributed by atoms with Gasteiger partial charge in [-0.1, -0.05) is 24.3 Å². The number of nitrogens with one attached hydrogen (secondary N) is 2. The summed E-state index contributed by atoms with van der Waals surface area (Å²) in [5.74, 6) is 0.00209. The van der Waals surface area contributed by atoms with Crippen molar-refractivity contribution in [1.29, 1.82) is 0 Å². The van der Waals surface area contributed by atoms with Crippen LogP contribution in [0.3, 0.4) is 0 Å². The van der Waals surface area contributed by atoms with Crippen molar-refractivity contribution < 1.29 is 4.79 Å². The Morgan fingerprint density at radius 2 is 1.83 bits per heavy atom. The number of halogens is 2. The first kappa shape index (κ1) is 21.7. The SMILES string of the molecule is CN(C)C(CNC(=O)CNc1ccccc1)c1cccs1.Cl.Cl. The lowest BCUT2D eigenvalue weighted by atomic mass is 10.2. The van der Waals surface area contributed by atoms with Gasteiger partial charge in [-0.15, -0.1) is 36.2 Å². The Kier molecular flexibility index (Phi) is 10.7. The molecule has 23 heavy (non-hydrogen) atoms. The minimum Gasteiger partial charge on any atom is -0.376 e. The molecule has 1 aromatic carbocycles. The fourth-order valence-corrected chi connectivity index (χ4v) is 2.95. The van der Waals surface area contributed by atoms with E-state index in [1.54, 1.807) is 11.3 Å². The molecule has 2 N–H and O–H groups in total. The van der Waals surface area contributed by atoms with Crippen molar-refractivity contribution in [3.8, 4) is 0 Å². The van der Waals surface area contributed by atoms with E-state index in [0.717, 1.165) is 5.69 Å². The van der Waals surface area contributed by atoms with E-state index in [2.05, 4.69) is 27.0 Å². The first-order chi connectivity index (χ1) is 10.2. The van der Waals surface area contributed by atoms with Crippen LogP contribution in [0, 0.1) is 0 Å². The number of thiophene rings is 1. The number of carbonyl (C=O) groups is 1. The number of amides is 1. The molecule has 0 bridgehead atoms. The van der Waals surface area contributed by atoms with Crippen LogP contribution in [0.5, 0.6) is 0 Å². The number of para-hydroxylation sites is 1. The molecule has 0 aliphatic carbocycles. The highest BCUT2D eigenvalue weighted by Crippen LogP contribution is 2.22. The van der Waals surface area contributed by atoms with Gasteiger partial charge in [-0.05, 0) is 37.7 Å². The van der Waals surface area contributed by atoms with Crippen LogP contribution in [-0.4, -0.2) is 38.0 Å². The van der Waals surface area contributed by atoms with Crippen LogP contribution in [0.1, 0.15) is 10.9 Å². The molecule has 1 unspecified atom stereocenters. The lowest BCUT2D eigenvalue weighted by molar-refractivity contribution is -0.119. The smallest absolute Gasteiger partial charge is 0.239 e. The summed E-state index contributed by atoms with van der Waals surface area (Å²) in [6, 6.07) is 14.1. The van der Waals surface area contributed by atoms with Crippen LogP contribution >= 0.6 is 36.2 Å². The quantitative estimate of drug-likeness (QED) is 0.778. The van der Waals surface area contributed by atoms with Crippen LogP contribution in [0.15, 0.2) is 47.8 Å². The molecule has 4 nitrogen and oxygen atoms in total. The lowest BCUT2D eigenvalue weighted by Gasteiger charge is -2.23. The summed E-state index contributed by atoms with van der Waals surface area (Å²) in [5.41, 5.74) is 0.954.